The Morgan fingerprint density at radius 3 is 2.03 bits per heavy atom. The lowest BCUT2D eigenvalue weighted by atomic mass is 9.85. The van der Waals surface area contributed by atoms with Crippen LogP contribution in [0.2, 0.25) is 0 Å². The van der Waals surface area contributed by atoms with E-state index >= 15 is 0 Å². The van der Waals surface area contributed by atoms with Crippen molar-refractivity contribution in [1.29, 1.82) is 0 Å². The average molecular weight is 550 g/mol. The standard InChI is InChI=1S/C23H17F6NO4S2/c24-22(25,26)14-5-12(6-15(8-14)23(27,28)29)13-7-17(35-10-13)9-18-19(31)30(21(34)36-18)16-3-1-11(2-4-16)20(32)33/h5-11,16H,1-4H2,(H,32,33)/b18-9-. The molecule has 1 aliphatic carbocycles. The second kappa shape index (κ2) is 9.58. The van der Waals surface area contributed by atoms with Crippen molar-refractivity contribution < 1.29 is 45.8 Å². The summed E-state index contributed by atoms with van der Waals surface area (Å²) in [5.74, 6) is -1.99. The Bertz CT molecular complexity index is 1210. The smallest absolute Gasteiger partial charge is 0.416 e. The topological polar surface area (TPSA) is 74.7 Å². The van der Waals surface area contributed by atoms with Crippen LogP contribution in [0.1, 0.15) is 41.7 Å². The van der Waals surface area contributed by atoms with Crippen LogP contribution in [-0.2, 0) is 21.9 Å². The van der Waals surface area contributed by atoms with E-state index in [0.29, 0.717) is 54.5 Å². The summed E-state index contributed by atoms with van der Waals surface area (Å²) >= 11 is 1.69. The summed E-state index contributed by atoms with van der Waals surface area (Å²) < 4.78 is 79.1. The van der Waals surface area contributed by atoms with Crippen molar-refractivity contribution in [2.45, 2.75) is 44.1 Å². The number of aliphatic carboxylic acids is 1. The van der Waals surface area contributed by atoms with Crippen LogP contribution in [0.3, 0.4) is 0 Å². The number of benzene rings is 1. The fourth-order valence-corrected chi connectivity index (χ4v) is 6.02. The minimum atomic E-state index is -4.98. The number of amides is 2. The van der Waals surface area contributed by atoms with E-state index in [1.165, 1.54) is 17.5 Å². The molecule has 1 saturated carbocycles. The van der Waals surface area contributed by atoms with Gasteiger partial charge in [0.2, 0.25) is 0 Å². The number of halogens is 6. The Labute approximate surface area is 208 Å². The van der Waals surface area contributed by atoms with Crippen LogP contribution < -0.4 is 0 Å². The lowest BCUT2D eigenvalue weighted by Crippen LogP contribution is -2.41. The fourth-order valence-electron chi connectivity index (χ4n) is 4.21. The number of carboxylic acid groups (broad SMARTS) is 1. The van der Waals surface area contributed by atoms with Crippen molar-refractivity contribution in [3.8, 4) is 11.1 Å². The number of imide groups is 1. The number of carboxylic acids is 1. The minimum absolute atomic E-state index is 0.0523. The Morgan fingerprint density at radius 1 is 0.917 bits per heavy atom. The van der Waals surface area contributed by atoms with Crippen molar-refractivity contribution in [1.82, 2.24) is 4.90 Å². The molecule has 2 aliphatic rings. The Balaban J connectivity index is 1.57. The zero-order valence-corrected chi connectivity index (χ0v) is 19.8. The van der Waals surface area contributed by atoms with E-state index in [1.807, 2.05) is 0 Å². The molecule has 2 heterocycles. The summed E-state index contributed by atoms with van der Waals surface area (Å²) in [6.45, 7) is 0. The zero-order chi connectivity index (χ0) is 26.4. The van der Waals surface area contributed by atoms with Gasteiger partial charge in [-0.3, -0.25) is 19.3 Å². The Morgan fingerprint density at radius 2 is 1.50 bits per heavy atom. The minimum Gasteiger partial charge on any atom is -0.481 e. The molecule has 1 aliphatic heterocycles. The SMILES string of the molecule is O=C(O)C1CCC(N2C(=O)S/C(=C\c3cc(-c4cc(C(F)(F)F)cc(C(F)(F)F)c4)cs3)C2=O)CC1. The second-order valence-electron chi connectivity index (χ2n) is 8.43. The first-order valence-electron chi connectivity index (χ1n) is 10.6. The third-order valence-corrected chi connectivity index (χ3v) is 7.81. The van der Waals surface area contributed by atoms with E-state index in [9.17, 15) is 40.7 Å². The number of carbonyl (C=O) groups is 3. The fraction of sp³-hybridized carbons (Fsp3) is 0.348. The van der Waals surface area contributed by atoms with Gasteiger partial charge in [-0.1, -0.05) is 0 Å². The summed E-state index contributed by atoms with van der Waals surface area (Å²) in [7, 11) is 0. The number of nitrogens with zero attached hydrogens (tertiary/aromatic N) is 1. The van der Waals surface area contributed by atoms with E-state index in [1.54, 1.807) is 0 Å². The first-order chi connectivity index (χ1) is 16.7. The first-order valence-corrected chi connectivity index (χ1v) is 12.3. The predicted molar refractivity (Wildman–Crippen MR) is 121 cm³/mol. The second-order valence-corrected chi connectivity index (χ2v) is 10.4. The largest absolute Gasteiger partial charge is 0.481 e. The molecule has 1 saturated heterocycles. The van der Waals surface area contributed by atoms with Gasteiger partial charge >= 0.3 is 18.3 Å². The summed E-state index contributed by atoms with van der Waals surface area (Å²) in [4.78, 5) is 38.1. The van der Waals surface area contributed by atoms with Crippen LogP contribution >= 0.6 is 23.1 Å². The zero-order valence-electron chi connectivity index (χ0n) is 18.2. The maximum Gasteiger partial charge on any atom is 0.416 e. The Kier molecular flexibility index (Phi) is 6.99. The van der Waals surface area contributed by atoms with Crippen molar-refractivity contribution >= 4 is 46.3 Å². The van der Waals surface area contributed by atoms with Gasteiger partial charge in [-0.25, -0.2) is 0 Å². The molecule has 192 valence electrons. The van der Waals surface area contributed by atoms with Crippen LogP contribution in [0.4, 0.5) is 31.1 Å². The van der Waals surface area contributed by atoms with Crippen molar-refractivity contribution in [2.75, 3.05) is 0 Å². The molecule has 4 rings (SSSR count). The molecule has 2 aromatic rings. The number of rotatable bonds is 4. The predicted octanol–water partition coefficient (Wildman–Crippen LogP) is 7.13. The maximum atomic E-state index is 13.2. The van der Waals surface area contributed by atoms with Gasteiger partial charge in [0.1, 0.15) is 0 Å². The molecule has 2 fully saturated rings. The highest BCUT2D eigenvalue weighted by molar-refractivity contribution is 8.18. The normalized spacial score (nSPS) is 22.5. The van der Waals surface area contributed by atoms with Crippen LogP contribution in [0, 0.1) is 5.92 Å². The molecule has 0 bridgehead atoms. The molecule has 0 unspecified atom stereocenters. The van der Waals surface area contributed by atoms with E-state index in [2.05, 4.69) is 0 Å². The number of thiophene rings is 1. The molecule has 2 amide bonds. The van der Waals surface area contributed by atoms with Crippen LogP contribution in [0.5, 0.6) is 0 Å². The lowest BCUT2D eigenvalue weighted by Gasteiger charge is -2.31. The molecule has 0 spiro atoms. The summed E-state index contributed by atoms with van der Waals surface area (Å²) in [5, 5.41) is 9.99. The van der Waals surface area contributed by atoms with Gasteiger partial charge in [0.15, 0.2) is 0 Å². The monoisotopic (exact) mass is 549 g/mol. The van der Waals surface area contributed by atoms with Gasteiger partial charge in [-0.15, -0.1) is 11.3 Å². The first kappa shape index (κ1) is 26.3. The van der Waals surface area contributed by atoms with E-state index in [0.717, 1.165) is 16.2 Å². The summed E-state index contributed by atoms with van der Waals surface area (Å²) in [6.07, 6.45) is -7.17. The van der Waals surface area contributed by atoms with Gasteiger partial charge in [-0.05, 0) is 84.3 Å². The van der Waals surface area contributed by atoms with Crippen molar-refractivity contribution in [3.05, 3.63) is 50.6 Å². The number of hydrogen-bond acceptors (Lipinski definition) is 5. The van der Waals surface area contributed by atoms with Crippen LogP contribution in [0.25, 0.3) is 17.2 Å². The lowest BCUT2D eigenvalue weighted by molar-refractivity contribution is -0.144. The number of alkyl halides is 6. The van der Waals surface area contributed by atoms with Gasteiger partial charge in [0.05, 0.1) is 21.9 Å². The molecule has 0 radical (unpaired) electrons. The maximum absolute atomic E-state index is 13.2. The molecule has 0 atom stereocenters. The highest BCUT2D eigenvalue weighted by Crippen LogP contribution is 2.41. The van der Waals surface area contributed by atoms with Gasteiger partial charge < -0.3 is 5.11 Å². The molecule has 1 aromatic heterocycles. The number of thioether (sulfide) groups is 1. The Hall–Kier alpha value is -2.80. The van der Waals surface area contributed by atoms with Crippen molar-refractivity contribution in [3.63, 3.8) is 0 Å². The molecular weight excluding hydrogens is 532 g/mol. The molecular formula is C23H17F6NO4S2. The molecule has 13 heteroatoms. The van der Waals surface area contributed by atoms with Gasteiger partial charge in [-0.2, -0.15) is 26.3 Å². The van der Waals surface area contributed by atoms with Gasteiger partial charge in [0.25, 0.3) is 11.1 Å². The van der Waals surface area contributed by atoms with Crippen LogP contribution in [0.15, 0.2) is 34.6 Å². The highest BCUT2D eigenvalue weighted by Gasteiger charge is 2.42. The third-order valence-electron chi connectivity index (χ3n) is 6.05. The number of hydrogen-bond donors (Lipinski definition) is 1. The summed E-state index contributed by atoms with van der Waals surface area (Å²) in [5.41, 5.74) is -3.04. The molecule has 1 N–H and O–H groups in total. The van der Waals surface area contributed by atoms with E-state index in [-0.39, 0.29) is 22.1 Å². The molecule has 5 nitrogen and oxygen atoms in total. The molecule has 36 heavy (non-hydrogen) atoms. The van der Waals surface area contributed by atoms with E-state index < -0.39 is 52.6 Å². The molecule has 1 aromatic carbocycles. The average Bonchev–Trinajstić information content (AvgIpc) is 3.36. The van der Waals surface area contributed by atoms with Crippen LogP contribution in [-0.4, -0.2) is 33.2 Å². The quantitative estimate of drug-likeness (QED) is 0.324. The number of carbonyl (C=O) groups excluding carboxylic acids is 2. The van der Waals surface area contributed by atoms with Gasteiger partial charge in [0, 0.05) is 10.9 Å². The third kappa shape index (κ3) is 5.46. The van der Waals surface area contributed by atoms with Crippen molar-refractivity contribution in [2.24, 2.45) is 5.92 Å². The summed E-state index contributed by atoms with van der Waals surface area (Å²) in [6, 6.07) is 2.23. The van der Waals surface area contributed by atoms with E-state index in [4.69, 9.17) is 5.11 Å². The highest BCUT2D eigenvalue weighted by atomic mass is 32.2.